The molecular formula is C8H15NO3. The van der Waals surface area contributed by atoms with Gasteiger partial charge < -0.3 is 15.1 Å². The van der Waals surface area contributed by atoms with Crippen molar-refractivity contribution in [2.45, 2.75) is 19.4 Å². The maximum absolute atomic E-state index is 10.3. The quantitative estimate of drug-likeness (QED) is 0.616. The number of rotatable bonds is 4. The van der Waals surface area contributed by atoms with Crippen molar-refractivity contribution >= 4 is 5.97 Å². The zero-order chi connectivity index (χ0) is 9.14. The van der Waals surface area contributed by atoms with E-state index in [2.05, 4.69) is 4.90 Å². The van der Waals surface area contributed by atoms with Crippen molar-refractivity contribution < 1.29 is 15.0 Å². The molecule has 1 aliphatic rings. The Morgan fingerprint density at radius 2 is 2.25 bits per heavy atom. The zero-order valence-electron chi connectivity index (χ0n) is 7.23. The highest BCUT2D eigenvalue weighted by Gasteiger charge is 2.28. The molecule has 0 radical (unpaired) electrons. The number of hydrogen-bond acceptors (Lipinski definition) is 3. The van der Waals surface area contributed by atoms with Crippen molar-refractivity contribution in [2.75, 3.05) is 19.6 Å². The van der Waals surface area contributed by atoms with E-state index in [0.29, 0.717) is 12.5 Å². The molecule has 0 aliphatic carbocycles. The Labute approximate surface area is 71.8 Å². The van der Waals surface area contributed by atoms with E-state index in [9.17, 15) is 4.79 Å². The Balaban J connectivity index is 2.08. The Kier molecular flexibility index (Phi) is 3.05. The van der Waals surface area contributed by atoms with E-state index < -0.39 is 5.97 Å². The van der Waals surface area contributed by atoms with Crippen LogP contribution in [0.25, 0.3) is 0 Å². The van der Waals surface area contributed by atoms with Gasteiger partial charge in [-0.25, -0.2) is 0 Å². The van der Waals surface area contributed by atoms with Gasteiger partial charge in [0.25, 0.3) is 0 Å². The number of carbonyl (C=O) groups is 1. The van der Waals surface area contributed by atoms with Crippen molar-refractivity contribution in [2.24, 2.45) is 5.92 Å². The molecule has 4 nitrogen and oxygen atoms in total. The van der Waals surface area contributed by atoms with Crippen LogP contribution in [0.5, 0.6) is 0 Å². The van der Waals surface area contributed by atoms with E-state index in [-0.39, 0.29) is 12.5 Å². The van der Waals surface area contributed by atoms with E-state index in [0.717, 1.165) is 13.1 Å². The first kappa shape index (κ1) is 9.48. The number of carboxylic acids is 1. The summed E-state index contributed by atoms with van der Waals surface area (Å²) in [6, 6.07) is 0. The smallest absolute Gasteiger partial charge is 0.303 e. The predicted octanol–water partition coefficient (Wildman–Crippen LogP) is -0.226. The van der Waals surface area contributed by atoms with Gasteiger partial charge in [0.05, 0.1) is 12.5 Å². The summed E-state index contributed by atoms with van der Waals surface area (Å²) in [6.45, 7) is 4.04. The van der Waals surface area contributed by atoms with Crippen LogP contribution in [-0.2, 0) is 4.79 Å². The summed E-state index contributed by atoms with van der Waals surface area (Å²) < 4.78 is 0. The van der Waals surface area contributed by atoms with Gasteiger partial charge in [0.1, 0.15) is 0 Å². The van der Waals surface area contributed by atoms with Crippen LogP contribution >= 0.6 is 0 Å². The average Bonchev–Trinajstić information content (AvgIpc) is 1.80. The minimum Gasteiger partial charge on any atom is -0.481 e. The van der Waals surface area contributed by atoms with E-state index in [1.54, 1.807) is 6.92 Å². The monoisotopic (exact) mass is 173 g/mol. The fourth-order valence-corrected chi connectivity index (χ4v) is 1.58. The largest absolute Gasteiger partial charge is 0.481 e. The maximum Gasteiger partial charge on any atom is 0.303 e. The molecule has 0 spiro atoms. The highest BCUT2D eigenvalue weighted by Crippen LogP contribution is 2.18. The molecule has 0 bridgehead atoms. The van der Waals surface area contributed by atoms with Crippen molar-refractivity contribution in [3.8, 4) is 0 Å². The molecular weight excluding hydrogens is 158 g/mol. The molecule has 4 heteroatoms. The fourth-order valence-electron chi connectivity index (χ4n) is 1.58. The highest BCUT2D eigenvalue weighted by atomic mass is 16.4. The first-order chi connectivity index (χ1) is 5.58. The number of aliphatic carboxylic acids is 1. The van der Waals surface area contributed by atoms with Gasteiger partial charge in [-0.15, -0.1) is 0 Å². The second-order valence-electron chi connectivity index (χ2n) is 3.53. The molecule has 1 atom stereocenters. The van der Waals surface area contributed by atoms with Crippen LogP contribution < -0.4 is 0 Å². The number of nitrogens with zero attached hydrogens (tertiary/aromatic N) is 1. The van der Waals surface area contributed by atoms with E-state index >= 15 is 0 Å². The van der Waals surface area contributed by atoms with Crippen LogP contribution in [-0.4, -0.2) is 46.8 Å². The first-order valence-corrected chi connectivity index (χ1v) is 4.20. The molecule has 1 aliphatic heterocycles. The summed E-state index contributed by atoms with van der Waals surface area (Å²) in [7, 11) is 0. The second kappa shape index (κ2) is 3.87. The molecule has 1 unspecified atom stereocenters. The SMILES string of the molecule is CC(O)CN1CC(CC(=O)O)C1. The van der Waals surface area contributed by atoms with Gasteiger partial charge in [-0.3, -0.25) is 4.79 Å². The molecule has 0 amide bonds. The molecule has 0 aromatic heterocycles. The molecule has 1 saturated heterocycles. The van der Waals surface area contributed by atoms with Gasteiger partial charge in [0.2, 0.25) is 0 Å². The van der Waals surface area contributed by atoms with E-state index in [1.165, 1.54) is 0 Å². The molecule has 12 heavy (non-hydrogen) atoms. The van der Waals surface area contributed by atoms with Crippen molar-refractivity contribution in [3.05, 3.63) is 0 Å². The third-order valence-electron chi connectivity index (χ3n) is 2.02. The summed E-state index contributed by atoms with van der Waals surface area (Å²) >= 11 is 0. The number of hydrogen-bond donors (Lipinski definition) is 2. The Morgan fingerprint density at radius 1 is 1.67 bits per heavy atom. The van der Waals surface area contributed by atoms with Crippen LogP contribution in [0.4, 0.5) is 0 Å². The molecule has 0 aromatic rings. The van der Waals surface area contributed by atoms with Crippen LogP contribution in [0, 0.1) is 5.92 Å². The maximum atomic E-state index is 10.3. The minimum absolute atomic E-state index is 0.260. The number of likely N-dealkylation sites (tertiary alicyclic amines) is 1. The lowest BCUT2D eigenvalue weighted by Gasteiger charge is -2.39. The Hall–Kier alpha value is -0.610. The fraction of sp³-hybridized carbons (Fsp3) is 0.875. The number of aliphatic hydroxyl groups excluding tert-OH is 1. The molecule has 0 saturated carbocycles. The average molecular weight is 173 g/mol. The van der Waals surface area contributed by atoms with Gasteiger partial charge in [0, 0.05) is 19.6 Å². The standard InChI is InChI=1S/C8H15NO3/c1-6(10)3-9-4-7(5-9)2-8(11)12/h6-7,10H,2-5H2,1H3,(H,11,12). The summed E-state index contributed by atoms with van der Waals surface area (Å²) in [5.74, 6) is -0.432. The van der Waals surface area contributed by atoms with Crippen LogP contribution in [0.3, 0.4) is 0 Å². The second-order valence-corrected chi connectivity index (χ2v) is 3.53. The number of β-amino-alcohol motifs (C(OH)–C–C–N with tert-alkyl or cyclic N) is 1. The lowest BCUT2D eigenvalue weighted by atomic mass is 9.96. The first-order valence-electron chi connectivity index (χ1n) is 4.20. The third-order valence-corrected chi connectivity index (χ3v) is 2.02. The van der Waals surface area contributed by atoms with Crippen LogP contribution in [0.1, 0.15) is 13.3 Å². The van der Waals surface area contributed by atoms with Gasteiger partial charge in [-0.1, -0.05) is 0 Å². The Morgan fingerprint density at radius 3 is 2.67 bits per heavy atom. The molecule has 1 heterocycles. The minimum atomic E-state index is -0.725. The van der Waals surface area contributed by atoms with Gasteiger partial charge in [0.15, 0.2) is 0 Å². The summed E-state index contributed by atoms with van der Waals surface area (Å²) in [5, 5.41) is 17.4. The predicted molar refractivity (Wildman–Crippen MR) is 43.9 cm³/mol. The van der Waals surface area contributed by atoms with Crippen LogP contribution in [0.2, 0.25) is 0 Å². The molecule has 70 valence electrons. The molecule has 1 rings (SSSR count). The number of aliphatic hydroxyl groups is 1. The lowest BCUT2D eigenvalue weighted by Crippen LogP contribution is -2.49. The zero-order valence-corrected chi connectivity index (χ0v) is 7.23. The topological polar surface area (TPSA) is 60.8 Å². The lowest BCUT2D eigenvalue weighted by molar-refractivity contribution is -0.139. The van der Waals surface area contributed by atoms with E-state index in [1.807, 2.05) is 0 Å². The van der Waals surface area contributed by atoms with Gasteiger partial charge >= 0.3 is 5.97 Å². The van der Waals surface area contributed by atoms with Crippen molar-refractivity contribution in [3.63, 3.8) is 0 Å². The summed E-state index contributed by atoms with van der Waals surface area (Å²) in [4.78, 5) is 12.3. The normalized spacial score (nSPS) is 21.8. The summed E-state index contributed by atoms with van der Waals surface area (Å²) in [6.07, 6.45) is -0.0492. The Bertz CT molecular complexity index is 164. The van der Waals surface area contributed by atoms with E-state index in [4.69, 9.17) is 10.2 Å². The van der Waals surface area contributed by atoms with Gasteiger partial charge in [-0.2, -0.15) is 0 Å². The third kappa shape index (κ3) is 2.79. The van der Waals surface area contributed by atoms with Gasteiger partial charge in [-0.05, 0) is 12.8 Å². The molecule has 2 N–H and O–H groups in total. The molecule has 0 aromatic carbocycles. The number of carboxylic acid groups (broad SMARTS) is 1. The summed E-state index contributed by atoms with van der Waals surface area (Å²) in [5.41, 5.74) is 0. The van der Waals surface area contributed by atoms with Crippen LogP contribution in [0.15, 0.2) is 0 Å². The highest BCUT2D eigenvalue weighted by molar-refractivity contribution is 5.67. The van der Waals surface area contributed by atoms with Crippen molar-refractivity contribution in [1.82, 2.24) is 4.90 Å². The molecule has 1 fully saturated rings. The van der Waals surface area contributed by atoms with Crippen molar-refractivity contribution in [1.29, 1.82) is 0 Å².